The summed E-state index contributed by atoms with van der Waals surface area (Å²) in [4.78, 5) is 15.8. The van der Waals surface area contributed by atoms with E-state index in [-0.39, 0.29) is 27.7 Å². The van der Waals surface area contributed by atoms with Crippen molar-refractivity contribution in [3.05, 3.63) is 102 Å². The second kappa shape index (κ2) is 12.0. The second-order valence-corrected chi connectivity index (χ2v) is 7.36. The molecule has 2 rings (SSSR count). The van der Waals surface area contributed by atoms with Crippen molar-refractivity contribution in [2.24, 2.45) is 5.84 Å². The molecule has 0 fully saturated rings. The molecule has 0 spiro atoms. The molecule has 36 heavy (non-hydrogen) atoms. The van der Waals surface area contributed by atoms with Gasteiger partial charge in [-0.1, -0.05) is 24.8 Å². The van der Waals surface area contributed by atoms with E-state index in [0.29, 0.717) is 16.8 Å². The van der Waals surface area contributed by atoms with Crippen LogP contribution in [0, 0.1) is 11.2 Å². The maximum Gasteiger partial charge on any atom is 0.415 e. The molecule has 0 atom stereocenters. The summed E-state index contributed by atoms with van der Waals surface area (Å²) in [5, 5.41) is 14.5. The van der Waals surface area contributed by atoms with Gasteiger partial charge in [0.1, 0.15) is 17.3 Å². The first-order chi connectivity index (χ1) is 16.8. The molecule has 0 unspecified atom stereocenters. The van der Waals surface area contributed by atoms with Crippen LogP contribution in [0.25, 0.3) is 5.57 Å². The van der Waals surface area contributed by atoms with E-state index in [4.69, 9.17) is 22.9 Å². The van der Waals surface area contributed by atoms with Crippen LogP contribution in [-0.2, 0) is 4.74 Å². The molecule has 190 valence electrons. The van der Waals surface area contributed by atoms with Gasteiger partial charge in [0.05, 0.1) is 18.0 Å². The number of ether oxygens (including phenoxy) is 1. The molecule has 0 aliphatic rings. The Kier molecular flexibility index (Phi) is 9.36. The van der Waals surface area contributed by atoms with E-state index < -0.39 is 29.4 Å². The Morgan fingerprint density at radius 3 is 2.58 bits per heavy atom. The van der Waals surface area contributed by atoms with E-state index in [1.807, 2.05) is 0 Å². The molecule has 0 saturated carbocycles. The number of carbonyl (C=O) groups is 1. The summed E-state index contributed by atoms with van der Waals surface area (Å²) in [5.41, 5.74) is -0.584. The highest BCUT2D eigenvalue weighted by Crippen LogP contribution is 2.25. The molecule has 5 N–H and O–H groups in total. The molecule has 0 amide bonds. The van der Waals surface area contributed by atoms with Crippen LogP contribution in [0.15, 0.2) is 79.6 Å². The van der Waals surface area contributed by atoms with Crippen molar-refractivity contribution < 1.29 is 27.1 Å². The Balaban J connectivity index is 2.36. The number of hydrogen-bond donors (Lipinski definition) is 4. The smallest absolute Gasteiger partial charge is 0.415 e. The van der Waals surface area contributed by atoms with Crippen LogP contribution in [0.4, 0.5) is 23.2 Å². The average Bonchev–Trinajstić information content (AvgIpc) is 2.83. The van der Waals surface area contributed by atoms with E-state index in [1.165, 1.54) is 36.7 Å². The van der Waals surface area contributed by atoms with Crippen molar-refractivity contribution in [1.82, 2.24) is 15.3 Å². The number of aromatic nitrogens is 1. The van der Waals surface area contributed by atoms with Gasteiger partial charge in [-0.2, -0.15) is 13.2 Å². The van der Waals surface area contributed by atoms with Gasteiger partial charge in [0.25, 0.3) is 0 Å². The topological polar surface area (TPSA) is 116 Å². The summed E-state index contributed by atoms with van der Waals surface area (Å²) in [6, 6.07) is 6.62. The van der Waals surface area contributed by atoms with Crippen molar-refractivity contribution in [3.8, 4) is 0 Å². The van der Waals surface area contributed by atoms with Crippen LogP contribution in [0.2, 0.25) is 5.02 Å². The summed E-state index contributed by atoms with van der Waals surface area (Å²) in [5.74, 6) is 4.12. The highest BCUT2D eigenvalue weighted by Gasteiger charge is 2.30. The molecular weight excluding hydrogens is 504 g/mol. The fraction of sp³-hybridized carbons (Fsp3) is 0.0870. The maximum absolute atomic E-state index is 13.4. The maximum atomic E-state index is 13.4. The highest BCUT2D eigenvalue weighted by atomic mass is 35.5. The summed E-state index contributed by atoms with van der Waals surface area (Å²) < 4.78 is 56.2. The summed E-state index contributed by atoms with van der Waals surface area (Å²) in [7, 11) is 1.16. The number of methoxy groups -OCH3 is 1. The van der Waals surface area contributed by atoms with Gasteiger partial charge in [-0.25, -0.2) is 20.0 Å². The van der Waals surface area contributed by atoms with Gasteiger partial charge < -0.3 is 15.4 Å². The number of nitrogens with zero attached hydrogens (tertiary/aromatic N) is 2. The van der Waals surface area contributed by atoms with Gasteiger partial charge in [-0.15, -0.1) is 0 Å². The van der Waals surface area contributed by atoms with Gasteiger partial charge >= 0.3 is 12.1 Å². The van der Waals surface area contributed by atoms with Gasteiger partial charge in [-0.05, 0) is 42.0 Å². The molecule has 1 heterocycles. The summed E-state index contributed by atoms with van der Waals surface area (Å²) >= 11 is 5.76. The van der Waals surface area contributed by atoms with Crippen LogP contribution in [-0.4, -0.2) is 35.1 Å². The highest BCUT2D eigenvalue weighted by molar-refractivity contribution is 6.31. The fourth-order valence-corrected chi connectivity index (χ4v) is 2.71. The number of nitrogens with two attached hydrogens (primary N) is 1. The number of carbonyl (C=O) groups excluding carboxylic acids is 1. The number of halogens is 5. The standard InChI is InChI=1S/C23H21ClF4N6O2/c1-13(23(26,27)28)7-9-34(30)21(29)17(15-6-8-31-20(10-15)22(35)36-3)12-32-14(2)33-16-4-5-19(25)18(24)11-16/h4-12,29,32-33H,1-2,30H2,3H3/b9-7-,17-12?,29-21?. The number of nitrogens with one attached hydrogen (secondary N) is 3. The van der Waals surface area contributed by atoms with Crippen molar-refractivity contribution >= 4 is 34.7 Å². The first-order valence-electron chi connectivity index (χ1n) is 9.83. The molecule has 1 aromatic carbocycles. The number of benzene rings is 1. The number of amidine groups is 1. The van der Waals surface area contributed by atoms with Gasteiger partial charge in [0, 0.05) is 35.4 Å². The molecule has 0 aliphatic heterocycles. The van der Waals surface area contributed by atoms with Gasteiger partial charge in [0.2, 0.25) is 0 Å². The zero-order valence-corrected chi connectivity index (χ0v) is 19.5. The lowest BCUT2D eigenvalue weighted by molar-refractivity contribution is -0.0878. The van der Waals surface area contributed by atoms with Crippen molar-refractivity contribution in [1.29, 1.82) is 5.41 Å². The van der Waals surface area contributed by atoms with Crippen LogP contribution < -0.4 is 16.5 Å². The minimum atomic E-state index is -4.67. The van der Waals surface area contributed by atoms with Crippen molar-refractivity contribution in [3.63, 3.8) is 0 Å². The predicted octanol–water partition coefficient (Wildman–Crippen LogP) is 4.96. The lowest BCUT2D eigenvalue weighted by Crippen LogP contribution is -2.33. The number of hydrazine groups is 1. The zero-order valence-electron chi connectivity index (χ0n) is 18.8. The van der Waals surface area contributed by atoms with E-state index >= 15 is 0 Å². The third-order valence-electron chi connectivity index (χ3n) is 4.38. The number of alkyl halides is 3. The number of rotatable bonds is 9. The quantitative estimate of drug-likeness (QED) is 0.0697. The lowest BCUT2D eigenvalue weighted by atomic mass is 10.1. The zero-order chi connectivity index (χ0) is 27.0. The van der Waals surface area contributed by atoms with Crippen LogP contribution in [0.1, 0.15) is 16.1 Å². The van der Waals surface area contributed by atoms with Crippen molar-refractivity contribution in [2.45, 2.75) is 6.18 Å². The van der Waals surface area contributed by atoms with Crippen LogP contribution in [0.5, 0.6) is 0 Å². The largest absolute Gasteiger partial charge is 0.464 e. The minimum absolute atomic E-state index is 0.0346. The van der Waals surface area contributed by atoms with E-state index in [2.05, 4.69) is 33.5 Å². The Bertz CT molecular complexity index is 1240. The summed E-state index contributed by atoms with van der Waals surface area (Å²) in [6.45, 7) is 6.67. The number of anilines is 1. The number of pyridine rings is 1. The van der Waals surface area contributed by atoms with Crippen LogP contribution >= 0.6 is 11.6 Å². The summed E-state index contributed by atoms with van der Waals surface area (Å²) in [6.07, 6.45) is -0.719. The molecular formula is C23H21ClF4N6O2. The first-order valence-corrected chi connectivity index (χ1v) is 10.2. The second-order valence-electron chi connectivity index (χ2n) is 6.95. The third-order valence-corrected chi connectivity index (χ3v) is 4.67. The number of esters is 1. The minimum Gasteiger partial charge on any atom is -0.464 e. The SMILES string of the molecule is C=C(NC=C(C(=N)N(N)/C=C\C(=C)C(F)(F)F)c1ccnc(C(=O)OC)c1)Nc1ccc(F)c(Cl)c1. The molecule has 0 aliphatic carbocycles. The van der Waals surface area contributed by atoms with Gasteiger partial charge in [0.15, 0.2) is 0 Å². The lowest BCUT2D eigenvalue weighted by Gasteiger charge is -2.19. The third kappa shape index (κ3) is 7.68. The van der Waals surface area contributed by atoms with E-state index in [1.54, 1.807) is 0 Å². The van der Waals surface area contributed by atoms with E-state index in [0.717, 1.165) is 19.4 Å². The molecule has 13 heteroatoms. The Morgan fingerprint density at radius 2 is 1.97 bits per heavy atom. The number of hydrogen-bond acceptors (Lipinski definition) is 7. The number of allylic oxidation sites excluding steroid dienone is 2. The molecule has 2 aromatic rings. The molecule has 0 radical (unpaired) electrons. The Hall–Kier alpha value is -4.16. The van der Waals surface area contributed by atoms with Crippen LogP contribution in [0.3, 0.4) is 0 Å². The monoisotopic (exact) mass is 524 g/mol. The first kappa shape index (κ1) is 28.1. The van der Waals surface area contributed by atoms with E-state index in [9.17, 15) is 22.4 Å². The fourth-order valence-electron chi connectivity index (χ4n) is 2.52. The molecule has 0 bridgehead atoms. The normalized spacial score (nSPS) is 11.7. The van der Waals surface area contributed by atoms with Crippen molar-refractivity contribution in [2.75, 3.05) is 12.4 Å². The van der Waals surface area contributed by atoms with Gasteiger partial charge in [-0.3, -0.25) is 10.4 Å². The Morgan fingerprint density at radius 1 is 1.28 bits per heavy atom. The molecule has 8 nitrogen and oxygen atoms in total. The predicted molar refractivity (Wildman–Crippen MR) is 129 cm³/mol. The molecule has 0 saturated heterocycles. The average molecular weight is 525 g/mol. The Labute approximate surface area is 208 Å². The molecule has 1 aromatic heterocycles.